The fraction of sp³-hybridized carbons (Fsp3) is 0.0714. The Balaban J connectivity index is 1.37. The summed E-state index contributed by atoms with van der Waals surface area (Å²) in [5, 5.41) is 2.81. The summed E-state index contributed by atoms with van der Waals surface area (Å²) < 4.78 is 17.4. The average Bonchev–Trinajstić information content (AvgIpc) is 2.86. The molecule has 0 radical (unpaired) electrons. The van der Waals surface area contributed by atoms with Crippen LogP contribution in [0.1, 0.15) is 13.3 Å². The highest BCUT2D eigenvalue weighted by atomic mass is 16.5. The van der Waals surface area contributed by atoms with E-state index in [2.05, 4.69) is 10.3 Å². The smallest absolute Gasteiger partial charge is 0.224 e. The van der Waals surface area contributed by atoms with Crippen molar-refractivity contribution in [1.82, 2.24) is 0 Å². The second-order valence-corrected chi connectivity index (χ2v) is 7.27. The van der Waals surface area contributed by atoms with Gasteiger partial charge < -0.3 is 19.5 Å². The molecule has 0 aromatic heterocycles. The summed E-state index contributed by atoms with van der Waals surface area (Å²) in [6.45, 7) is 1.81. The van der Waals surface area contributed by atoms with Crippen LogP contribution >= 0.6 is 0 Å². The van der Waals surface area contributed by atoms with Crippen LogP contribution in [0.5, 0.6) is 28.7 Å². The summed E-state index contributed by atoms with van der Waals surface area (Å²) in [4.78, 5) is 15.8. The second-order valence-electron chi connectivity index (χ2n) is 7.27. The molecule has 4 rings (SSSR count). The maximum Gasteiger partial charge on any atom is 0.224 e. The van der Waals surface area contributed by atoms with Gasteiger partial charge in [-0.05, 0) is 60.7 Å². The third-order valence-electron chi connectivity index (χ3n) is 4.69. The van der Waals surface area contributed by atoms with E-state index in [1.54, 1.807) is 30.3 Å². The Hall–Kier alpha value is -4.58. The van der Waals surface area contributed by atoms with Gasteiger partial charge in [-0.15, -0.1) is 0 Å². The standard InChI is InChI=1S/C28H24N2O4/c1-2-28(31)30-21-14-16-24(17-15-21)33-26-12-7-13-27(19-26)34-25-11-6-8-22(18-25)29-20-32-23-9-4-3-5-10-23/h3-20H,2H2,1H3,(H,30,31). The largest absolute Gasteiger partial charge is 0.457 e. The Morgan fingerprint density at radius 1 is 0.735 bits per heavy atom. The molecule has 0 aliphatic heterocycles. The third-order valence-corrected chi connectivity index (χ3v) is 4.69. The number of nitrogens with zero attached hydrogens (tertiary/aromatic N) is 1. The van der Waals surface area contributed by atoms with Crippen molar-refractivity contribution in [1.29, 1.82) is 0 Å². The molecule has 0 atom stereocenters. The molecule has 0 heterocycles. The van der Waals surface area contributed by atoms with E-state index in [9.17, 15) is 4.79 Å². The zero-order valence-corrected chi connectivity index (χ0v) is 18.7. The van der Waals surface area contributed by atoms with Gasteiger partial charge in [0.05, 0.1) is 5.69 Å². The van der Waals surface area contributed by atoms with Crippen molar-refractivity contribution >= 4 is 23.7 Å². The Labute approximate surface area is 198 Å². The summed E-state index contributed by atoms with van der Waals surface area (Å²) >= 11 is 0. The van der Waals surface area contributed by atoms with E-state index in [4.69, 9.17) is 14.2 Å². The van der Waals surface area contributed by atoms with Gasteiger partial charge in [0, 0.05) is 24.2 Å². The Morgan fingerprint density at radius 3 is 2.06 bits per heavy atom. The lowest BCUT2D eigenvalue weighted by Crippen LogP contribution is -2.08. The third kappa shape index (κ3) is 6.71. The number of anilines is 1. The van der Waals surface area contributed by atoms with Gasteiger partial charge in [0.1, 0.15) is 28.7 Å². The number of amides is 1. The number of para-hydroxylation sites is 1. The Bertz CT molecular complexity index is 1250. The fourth-order valence-electron chi connectivity index (χ4n) is 3.00. The monoisotopic (exact) mass is 452 g/mol. The molecular formula is C28H24N2O4. The number of benzene rings is 4. The highest BCUT2D eigenvalue weighted by Crippen LogP contribution is 2.30. The van der Waals surface area contributed by atoms with Crippen LogP contribution in [0.3, 0.4) is 0 Å². The molecule has 6 heteroatoms. The number of nitrogens with one attached hydrogen (secondary N) is 1. The molecule has 0 aliphatic carbocycles. The number of carbonyl (C=O) groups excluding carboxylic acids is 1. The molecular weight excluding hydrogens is 428 g/mol. The normalized spacial score (nSPS) is 10.6. The minimum absolute atomic E-state index is 0.0306. The minimum atomic E-state index is -0.0306. The topological polar surface area (TPSA) is 69.2 Å². The number of hydrogen-bond acceptors (Lipinski definition) is 5. The molecule has 34 heavy (non-hydrogen) atoms. The maximum absolute atomic E-state index is 11.5. The van der Waals surface area contributed by atoms with Gasteiger partial charge >= 0.3 is 0 Å². The van der Waals surface area contributed by atoms with Gasteiger partial charge in [0.25, 0.3) is 0 Å². The van der Waals surface area contributed by atoms with Crippen molar-refractivity contribution in [2.45, 2.75) is 13.3 Å². The average molecular weight is 453 g/mol. The molecule has 1 N–H and O–H groups in total. The number of carbonyl (C=O) groups is 1. The van der Waals surface area contributed by atoms with Crippen molar-refractivity contribution in [2.75, 3.05) is 5.32 Å². The van der Waals surface area contributed by atoms with Crippen LogP contribution in [0.15, 0.2) is 108 Å². The first-order valence-electron chi connectivity index (χ1n) is 10.9. The SMILES string of the molecule is CCC(=O)Nc1ccc(Oc2cccc(Oc3cccc(N=COc4ccccc4)c3)c2)cc1. The van der Waals surface area contributed by atoms with Crippen molar-refractivity contribution in [2.24, 2.45) is 4.99 Å². The molecule has 0 saturated carbocycles. The van der Waals surface area contributed by atoms with Crippen molar-refractivity contribution < 1.29 is 19.0 Å². The van der Waals surface area contributed by atoms with Gasteiger partial charge in [-0.25, -0.2) is 4.99 Å². The first-order chi connectivity index (χ1) is 16.7. The molecule has 170 valence electrons. The van der Waals surface area contributed by atoms with Gasteiger partial charge in [-0.1, -0.05) is 37.3 Å². The second kappa shape index (κ2) is 11.3. The molecule has 1 amide bonds. The predicted molar refractivity (Wildman–Crippen MR) is 134 cm³/mol. The fourth-order valence-corrected chi connectivity index (χ4v) is 3.00. The Morgan fingerprint density at radius 2 is 1.35 bits per heavy atom. The summed E-state index contributed by atoms with van der Waals surface area (Å²) in [6.07, 6.45) is 1.84. The molecule has 0 spiro atoms. The van der Waals surface area contributed by atoms with Gasteiger partial charge in [0.2, 0.25) is 5.91 Å². The maximum atomic E-state index is 11.5. The molecule has 6 nitrogen and oxygen atoms in total. The van der Waals surface area contributed by atoms with Crippen LogP contribution in [0.25, 0.3) is 0 Å². The van der Waals surface area contributed by atoms with E-state index in [1.165, 1.54) is 6.40 Å². The van der Waals surface area contributed by atoms with Gasteiger partial charge in [-0.2, -0.15) is 0 Å². The van der Waals surface area contributed by atoms with Crippen LogP contribution in [0, 0.1) is 0 Å². The number of ether oxygens (including phenoxy) is 3. The summed E-state index contributed by atoms with van der Waals surface area (Å²) in [5.41, 5.74) is 1.43. The van der Waals surface area contributed by atoms with E-state index in [1.807, 2.05) is 79.7 Å². The quantitative estimate of drug-likeness (QED) is 0.213. The van der Waals surface area contributed by atoms with Crippen LogP contribution in [0.4, 0.5) is 11.4 Å². The highest BCUT2D eigenvalue weighted by molar-refractivity contribution is 5.90. The van der Waals surface area contributed by atoms with Crippen molar-refractivity contribution in [3.05, 3.63) is 103 Å². The van der Waals surface area contributed by atoms with E-state index < -0.39 is 0 Å². The van der Waals surface area contributed by atoms with E-state index in [-0.39, 0.29) is 5.91 Å². The minimum Gasteiger partial charge on any atom is -0.457 e. The van der Waals surface area contributed by atoms with Crippen LogP contribution in [-0.4, -0.2) is 12.3 Å². The lowest BCUT2D eigenvalue weighted by Gasteiger charge is -2.10. The lowest BCUT2D eigenvalue weighted by molar-refractivity contribution is -0.115. The number of hydrogen-bond donors (Lipinski definition) is 1. The summed E-state index contributed by atoms with van der Waals surface area (Å²) in [7, 11) is 0. The first kappa shape index (κ1) is 22.6. The first-order valence-corrected chi connectivity index (χ1v) is 10.9. The van der Waals surface area contributed by atoms with Crippen molar-refractivity contribution in [3.63, 3.8) is 0 Å². The zero-order valence-electron chi connectivity index (χ0n) is 18.7. The Kier molecular flexibility index (Phi) is 7.54. The highest BCUT2D eigenvalue weighted by Gasteiger charge is 2.04. The van der Waals surface area contributed by atoms with E-state index >= 15 is 0 Å². The van der Waals surface area contributed by atoms with Crippen LogP contribution in [-0.2, 0) is 4.79 Å². The molecule has 0 aliphatic rings. The van der Waals surface area contributed by atoms with Gasteiger partial charge in [0.15, 0.2) is 6.40 Å². The summed E-state index contributed by atoms with van der Waals surface area (Å²) in [6, 6.07) is 31.4. The lowest BCUT2D eigenvalue weighted by atomic mass is 10.2. The molecule has 0 unspecified atom stereocenters. The number of aliphatic imine (C=N–C) groups is 1. The predicted octanol–water partition coefficient (Wildman–Crippen LogP) is 7.36. The number of rotatable bonds is 9. The molecule has 0 bridgehead atoms. The molecule has 4 aromatic carbocycles. The van der Waals surface area contributed by atoms with E-state index in [0.29, 0.717) is 35.1 Å². The molecule has 4 aromatic rings. The van der Waals surface area contributed by atoms with Crippen LogP contribution < -0.4 is 19.5 Å². The summed E-state index contributed by atoms with van der Waals surface area (Å²) in [5.74, 6) is 3.25. The van der Waals surface area contributed by atoms with E-state index in [0.717, 1.165) is 11.4 Å². The molecule has 0 saturated heterocycles. The van der Waals surface area contributed by atoms with Crippen LogP contribution in [0.2, 0.25) is 0 Å². The molecule has 0 fully saturated rings. The van der Waals surface area contributed by atoms with Gasteiger partial charge in [-0.3, -0.25) is 4.79 Å². The van der Waals surface area contributed by atoms with Crippen molar-refractivity contribution in [3.8, 4) is 28.7 Å². The zero-order chi connectivity index (χ0) is 23.6.